The predicted octanol–water partition coefficient (Wildman–Crippen LogP) is 2.78. The van der Waals surface area contributed by atoms with E-state index >= 15 is 0 Å². The predicted molar refractivity (Wildman–Crippen MR) is 79.9 cm³/mol. The highest BCUT2D eigenvalue weighted by Crippen LogP contribution is 2.27. The molecule has 1 aromatic heterocycles. The van der Waals surface area contributed by atoms with Crippen molar-refractivity contribution >= 4 is 17.7 Å². The first-order valence-electron chi connectivity index (χ1n) is 6.38. The third kappa shape index (κ3) is 3.42. The largest absolute Gasteiger partial charge is 0.469 e. The summed E-state index contributed by atoms with van der Waals surface area (Å²) in [5.41, 5.74) is 1.95. The van der Waals surface area contributed by atoms with Crippen LogP contribution >= 0.6 is 11.8 Å². The van der Waals surface area contributed by atoms with Crippen LogP contribution in [0.3, 0.4) is 0 Å². The Kier molecular flexibility index (Phi) is 4.84. The first kappa shape index (κ1) is 14.7. The van der Waals surface area contributed by atoms with Crippen molar-refractivity contribution in [2.75, 3.05) is 12.9 Å². The normalized spacial score (nSPS) is 12.2. The Balaban J connectivity index is 2.13. The molecule has 0 radical (unpaired) electrons. The van der Waals surface area contributed by atoms with Crippen molar-refractivity contribution < 1.29 is 9.53 Å². The van der Waals surface area contributed by atoms with Gasteiger partial charge >= 0.3 is 5.97 Å². The first-order valence-corrected chi connectivity index (χ1v) is 7.36. The number of carbonyl (C=O) groups excluding carboxylic acids is 1. The van der Waals surface area contributed by atoms with E-state index in [0.29, 0.717) is 5.75 Å². The minimum Gasteiger partial charge on any atom is -0.469 e. The summed E-state index contributed by atoms with van der Waals surface area (Å²) in [5, 5.41) is 5.35. The van der Waals surface area contributed by atoms with Crippen LogP contribution < -0.4 is 0 Å². The van der Waals surface area contributed by atoms with Gasteiger partial charge in [-0.15, -0.1) is 11.8 Å². The summed E-state index contributed by atoms with van der Waals surface area (Å²) < 4.78 is 6.75. The van der Waals surface area contributed by atoms with Gasteiger partial charge in [-0.1, -0.05) is 30.3 Å². The van der Waals surface area contributed by atoms with E-state index in [-0.39, 0.29) is 11.9 Å². The molecule has 0 spiro atoms. The van der Waals surface area contributed by atoms with Gasteiger partial charge < -0.3 is 4.74 Å². The fraction of sp³-hybridized carbons (Fsp3) is 0.333. The van der Waals surface area contributed by atoms with Crippen LogP contribution in [-0.2, 0) is 16.6 Å². The van der Waals surface area contributed by atoms with Gasteiger partial charge in [0.05, 0.1) is 23.7 Å². The maximum atomic E-state index is 12.0. The second kappa shape index (κ2) is 6.61. The van der Waals surface area contributed by atoms with Crippen molar-refractivity contribution in [3.8, 4) is 0 Å². The van der Waals surface area contributed by atoms with Gasteiger partial charge in [0, 0.05) is 12.8 Å². The Morgan fingerprint density at radius 3 is 2.65 bits per heavy atom. The zero-order valence-electron chi connectivity index (χ0n) is 11.9. The van der Waals surface area contributed by atoms with E-state index in [1.807, 2.05) is 55.1 Å². The number of thioether (sulfide) groups is 1. The van der Waals surface area contributed by atoms with Crippen LogP contribution in [0.15, 0.2) is 41.4 Å². The number of hydrogen-bond donors (Lipinski definition) is 0. The third-order valence-corrected chi connectivity index (χ3v) is 4.22. The summed E-state index contributed by atoms with van der Waals surface area (Å²) in [7, 11) is 3.34. The van der Waals surface area contributed by atoms with E-state index < -0.39 is 0 Å². The highest BCUT2D eigenvalue weighted by Gasteiger charge is 2.22. The highest BCUT2D eigenvalue weighted by molar-refractivity contribution is 7.99. The van der Waals surface area contributed by atoms with E-state index in [9.17, 15) is 4.79 Å². The Morgan fingerprint density at radius 1 is 1.40 bits per heavy atom. The molecule has 20 heavy (non-hydrogen) atoms. The molecule has 2 aromatic rings. The van der Waals surface area contributed by atoms with Crippen molar-refractivity contribution in [3.63, 3.8) is 0 Å². The molecule has 5 heteroatoms. The molecule has 0 amide bonds. The Hall–Kier alpha value is -1.75. The summed E-state index contributed by atoms with van der Waals surface area (Å²) in [4.78, 5) is 12.0. The molecule has 2 rings (SSSR count). The average Bonchev–Trinajstić information content (AvgIpc) is 2.78. The fourth-order valence-electron chi connectivity index (χ4n) is 2.02. The average molecular weight is 290 g/mol. The summed E-state index contributed by atoms with van der Waals surface area (Å²) in [6, 6.07) is 11.7. The molecule has 0 aliphatic carbocycles. The van der Waals surface area contributed by atoms with Gasteiger partial charge in [0.15, 0.2) is 0 Å². The third-order valence-electron chi connectivity index (χ3n) is 3.04. The van der Waals surface area contributed by atoms with Gasteiger partial charge in [-0.2, -0.15) is 5.10 Å². The lowest BCUT2D eigenvalue weighted by molar-refractivity contribution is -0.141. The number of ether oxygens (including phenoxy) is 1. The Morgan fingerprint density at radius 2 is 2.10 bits per heavy atom. The number of benzene rings is 1. The zero-order chi connectivity index (χ0) is 14.5. The van der Waals surface area contributed by atoms with E-state index in [4.69, 9.17) is 4.74 Å². The molecule has 0 aliphatic rings. The molecule has 1 unspecified atom stereocenters. The fourth-order valence-corrected chi connectivity index (χ4v) is 3.17. The minimum atomic E-state index is -0.263. The van der Waals surface area contributed by atoms with E-state index in [1.54, 1.807) is 11.8 Å². The molecule has 1 atom stereocenters. The lowest BCUT2D eigenvalue weighted by atomic mass is 10.0. The number of carbonyl (C=O) groups is 1. The topological polar surface area (TPSA) is 44.1 Å². The number of rotatable bonds is 5. The van der Waals surface area contributed by atoms with Crippen molar-refractivity contribution in [2.24, 2.45) is 7.05 Å². The van der Waals surface area contributed by atoms with Gasteiger partial charge in [0.25, 0.3) is 0 Å². The quantitative estimate of drug-likeness (QED) is 0.627. The van der Waals surface area contributed by atoms with Crippen LogP contribution in [0.25, 0.3) is 0 Å². The molecule has 1 aromatic carbocycles. The molecular weight excluding hydrogens is 272 g/mol. The Bertz CT molecular complexity index is 581. The number of hydrogen-bond acceptors (Lipinski definition) is 4. The molecular formula is C15H18N2O2S. The Labute approximate surface area is 123 Å². The summed E-state index contributed by atoms with van der Waals surface area (Å²) in [6.07, 6.45) is 0. The van der Waals surface area contributed by atoms with Gasteiger partial charge in [-0.3, -0.25) is 9.48 Å². The molecule has 0 N–H and O–H groups in total. The van der Waals surface area contributed by atoms with Gasteiger partial charge in [0.1, 0.15) is 0 Å². The molecule has 0 saturated carbocycles. The van der Waals surface area contributed by atoms with Gasteiger partial charge in [-0.05, 0) is 18.6 Å². The second-order valence-electron chi connectivity index (χ2n) is 4.54. The van der Waals surface area contributed by atoms with Crippen LogP contribution in [0, 0.1) is 6.92 Å². The van der Waals surface area contributed by atoms with Gasteiger partial charge in [0.2, 0.25) is 0 Å². The maximum Gasteiger partial charge on any atom is 0.313 e. The SMILES string of the molecule is COC(=O)C(CSc1cc(C)nn1C)c1ccccc1. The van der Waals surface area contributed by atoms with E-state index in [2.05, 4.69) is 5.10 Å². The molecule has 4 nitrogen and oxygen atoms in total. The molecule has 0 bridgehead atoms. The molecule has 106 valence electrons. The lowest BCUT2D eigenvalue weighted by Crippen LogP contribution is -2.16. The van der Waals surface area contributed by atoms with Crippen molar-refractivity contribution in [3.05, 3.63) is 47.7 Å². The summed E-state index contributed by atoms with van der Waals surface area (Å²) in [5.74, 6) is 0.166. The highest BCUT2D eigenvalue weighted by atomic mass is 32.2. The summed E-state index contributed by atoms with van der Waals surface area (Å²) in [6.45, 7) is 1.96. The molecule has 0 saturated heterocycles. The second-order valence-corrected chi connectivity index (χ2v) is 5.59. The number of aromatic nitrogens is 2. The van der Waals surface area contributed by atoms with Crippen LogP contribution in [0.1, 0.15) is 17.2 Å². The van der Waals surface area contributed by atoms with Crippen molar-refractivity contribution in [2.45, 2.75) is 17.9 Å². The smallest absolute Gasteiger partial charge is 0.313 e. The number of methoxy groups -OCH3 is 1. The summed E-state index contributed by atoms with van der Waals surface area (Å²) >= 11 is 1.61. The van der Waals surface area contributed by atoms with Crippen LogP contribution in [0.4, 0.5) is 0 Å². The number of aryl methyl sites for hydroxylation is 2. The van der Waals surface area contributed by atoms with Crippen LogP contribution in [-0.4, -0.2) is 28.6 Å². The number of nitrogens with zero attached hydrogens (tertiary/aromatic N) is 2. The van der Waals surface area contributed by atoms with Crippen LogP contribution in [0.5, 0.6) is 0 Å². The van der Waals surface area contributed by atoms with Crippen molar-refractivity contribution in [1.82, 2.24) is 9.78 Å². The lowest BCUT2D eigenvalue weighted by Gasteiger charge is -2.14. The zero-order valence-corrected chi connectivity index (χ0v) is 12.7. The van der Waals surface area contributed by atoms with Crippen molar-refractivity contribution in [1.29, 1.82) is 0 Å². The van der Waals surface area contributed by atoms with Gasteiger partial charge in [-0.25, -0.2) is 0 Å². The van der Waals surface area contributed by atoms with E-state index in [0.717, 1.165) is 16.3 Å². The van der Waals surface area contributed by atoms with Crippen LogP contribution in [0.2, 0.25) is 0 Å². The minimum absolute atomic E-state index is 0.206. The number of esters is 1. The molecule has 1 heterocycles. The van der Waals surface area contributed by atoms with E-state index in [1.165, 1.54) is 7.11 Å². The maximum absolute atomic E-state index is 12.0. The first-order chi connectivity index (χ1) is 9.61. The molecule has 0 aliphatic heterocycles. The standard InChI is InChI=1S/C15H18N2O2S/c1-11-9-14(17(2)16-11)20-10-13(15(18)19-3)12-7-5-4-6-8-12/h4-9,13H,10H2,1-3H3. The molecule has 0 fully saturated rings. The monoisotopic (exact) mass is 290 g/mol.